The topological polar surface area (TPSA) is 86.1 Å². The fraction of sp³-hybridized carbons (Fsp3) is 0.250. The van der Waals surface area contributed by atoms with Crippen LogP contribution in [0.15, 0.2) is 34.8 Å². The van der Waals surface area contributed by atoms with E-state index < -0.39 is 12.0 Å². The van der Waals surface area contributed by atoms with E-state index in [1.807, 2.05) is 29.6 Å². The van der Waals surface area contributed by atoms with Crippen LogP contribution in [-0.2, 0) is 11.2 Å². The summed E-state index contributed by atoms with van der Waals surface area (Å²) in [5, 5.41) is 15.5. The number of thiophene rings is 1. The standard InChI is InChI=1S/C12H11N3O2S/c13-15-14-10(7-12(16)17)5-8-1-2-9-3-4-18-11(9)6-8/h1-4,6,10H,5,7H2,(H,16,17)/t10-/m1/s1. The monoisotopic (exact) mass is 261 g/mol. The first kappa shape index (κ1) is 12.4. The van der Waals surface area contributed by atoms with Crippen LogP contribution in [0.2, 0.25) is 0 Å². The zero-order valence-corrected chi connectivity index (χ0v) is 10.3. The molecule has 0 saturated heterocycles. The van der Waals surface area contributed by atoms with Gasteiger partial charge in [-0.05, 0) is 40.4 Å². The molecule has 1 aromatic carbocycles. The van der Waals surface area contributed by atoms with Gasteiger partial charge in [0.1, 0.15) is 0 Å². The molecule has 2 aromatic rings. The third-order valence-corrected chi connectivity index (χ3v) is 3.50. The van der Waals surface area contributed by atoms with E-state index >= 15 is 0 Å². The molecule has 2 rings (SSSR count). The summed E-state index contributed by atoms with van der Waals surface area (Å²) in [6, 6.07) is 7.45. The predicted octanol–water partition coefficient (Wildman–Crippen LogP) is 3.60. The van der Waals surface area contributed by atoms with E-state index in [9.17, 15) is 4.79 Å². The van der Waals surface area contributed by atoms with E-state index in [-0.39, 0.29) is 6.42 Å². The molecule has 0 unspecified atom stereocenters. The fourth-order valence-electron chi connectivity index (χ4n) is 1.83. The van der Waals surface area contributed by atoms with Crippen LogP contribution in [0.1, 0.15) is 12.0 Å². The van der Waals surface area contributed by atoms with Gasteiger partial charge in [0.15, 0.2) is 0 Å². The molecule has 0 aliphatic carbocycles. The molecule has 0 saturated carbocycles. The van der Waals surface area contributed by atoms with Gasteiger partial charge in [-0.3, -0.25) is 4.79 Å². The molecule has 0 aliphatic rings. The van der Waals surface area contributed by atoms with Crippen molar-refractivity contribution in [2.45, 2.75) is 18.9 Å². The summed E-state index contributed by atoms with van der Waals surface area (Å²) in [6.07, 6.45) is 0.302. The third kappa shape index (κ3) is 3.00. The molecular weight excluding hydrogens is 250 g/mol. The molecule has 6 heteroatoms. The summed E-state index contributed by atoms with van der Waals surface area (Å²) in [4.78, 5) is 13.4. The summed E-state index contributed by atoms with van der Waals surface area (Å²) in [7, 11) is 0. The largest absolute Gasteiger partial charge is 0.481 e. The van der Waals surface area contributed by atoms with Gasteiger partial charge in [0, 0.05) is 9.61 Å². The third-order valence-electron chi connectivity index (χ3n) is 2.62. The minimum atomic E-state index is -0.954. The van der Waals surface area contributed by atoms with Crippen LogP contribution in [0.5, 0.6) is 0 Å². The van der Waals surface area contributed by atoms with Gasteiger partial charge in [-0.25, -0.2) is 0 Å². The van der Waals surface area contributed by atoms with Crippen LogP contribution < -0.4 is 0 Å². The molecule has 0 amide bonds. The number of carbonyl (C=O) groups is 1. The SMILES string of the molecule is [N-]=[N+]=N[C@@H](CC(=O)O)Cc1ccc2ccsc2c1. The molecule has 1 N–H and O–H groups in total. The number of nitrogens with zero attached hydrogens (tertiary/aromatic N) is 3. The molecule has 92 valence electrons. The maximum absolute atomic E-state index is 10.7. The van der Waals surface area contributed by atoms with Crippen molar-refractivity contribution in [1.82, 2.24) is 0 Å². The lowest BCUT2D eigenvalue weighted by atomic mass is 10.0. The molecule has 1 aromatic heterocycles. The highest BCUT2D eigenvalue weighted by Gasteiger charge is 2.12. The number of fused-ring (bicyclic) bond motifs is 1. The van der Waals surface area contributed by atoms with E-state index in [4.69, 9.17) is 10.6 Å². The Morgan fingerprint density at radius 1 is 1.50 bits per heavy atom. The second-order valence-electron chi connectivity index (χ2n) is 3.95. The first-order chi connectivity index (χ1) is 8.69. The quantitative estimate of drug-likeness (QED) is 0.506. The predicted molar refractivity (Wildman–Crippen MR) is 70.7 cm³/mol. The Hall–Kier alpha value is -2.04. The van der Waals surface area contributed by atoms with Crippen LogP contribution >= 0.6 is 11.3 Å². The average molecular weight is 261 g/mol. The number of hydrogen-bond acceptors (Lipinski definition) is 3. The van der Waals surface area contributed by atoms with E-state index in [0.29, 0.717) is 6.42 Å². The summed E-state index contributed by atoms with van der Waals surface area (Å²) in [6.45, 7) is 0. The highest BCUT2D eigenvalue weighted by Crippen LogP contribution is 2.23. The number of benzene rings is 1. The first-order valence-corrected chi connectivity index (χ1v) is 6.29. The maximum Gasteiger partial charge on any atom is 0.303 e. The Morgan fingerprint density at radius 3 is 3.06 bits per heavy atom. The minimum Gasteiger partial charge on any atom is -0.481 e. The van der Waals surface area contributed by atoms with Crippen molar-refractivity contribution < 1.29 is 9.90 Å². The highest BCUT2D eigenvalue weighted by molar-refractivity contribution is 7.17. The second kappa shape index (κ2) is 5.53. The smallest absolute Gasteiger partial charge is 0.303 e. The van der Waals surface area contributed by atoms with Gasteiger partial charge in [-0.2, -0.15) is 0 Å². The van der Waals surface area contributed by atoms with Gasteiger partial charge in [-0.15, -0.1) is 11.3 Å². The number of carboxylic acid groups (broad SMARTS) is 1. The lowest BCUT2D eigenvalue weighted by Crippen LogP contribution is -2.13. The number of azide groups is 1. The minimum absolute atomic E-state index is 0.146. The Kier molecular flexibility index (Phi) is 3.82. The molecule has 0 aliphatic heterocycles. The van der Waals surface area contributed by atoms with Crippen molar-refractivity contribution in [3.05, 3.63) is 45.7 Å². The van der Waals surface area contributed by atoms with Crippen LogP contribution in [0.3, 0.4) is 0 Å². The van der Waals surface area contributed by atoms with Gasteiger partial charge in [0.05, 0.1) is 12.5 Å². The Bertz CT molecular complexity index is 617. The van der Waals surface area contributed by atoms with Crippen molar-refractivity contribution >= 4 is 27.4 Å². The van der Waals surface area contributed by atoms with Crippen LogP contribution in [-0.4, -0.2) is 17.1 Å². The summed E-state index contributed by atoms with van der Waals surface area (Å²) in [5.74, 6) is -0.954. The van der Waals surface area contributed by atoms with Crippen molar-refractivity contribution in [2.24, 2.45) is 5.11 Å². The zero-order chi connectivity index (χ0) is 13.0. The van der Waals surface area contributed by atoms with Gasteiger partial charge in [-0.1, -0.05) is 17.2 Å². The Balaban J connectivity index is 2.19. The van der Waals surface area contributed by atoms with Crippen LogP contribution in [0.4, 0.5) is 0 Å². The fourth-order valence-corrected chi connectivity index (χ4v) is 2.68. The lowest BCUT2D eigenvalue weighted by molar-refractivity contribution is -0.137. The molecule has 0 bridgehead atoms. The maximum atomic E-state index is 10.7. The molecule has 0 spiro atoms. The lowest BCUT2D eigenvalue weighted by Gasteiger charge is -2.08. The van der Waals surface area contributed by atoms with Gasteiger partial charge < -0.3 is 5.11 Å². The summed E-state index contributed by atoms with van der Waals surface area (Å²) >= 11 is 1.64. The van der Waals surface area contributed by atoms with Crippen molar-refractivity contribution in [1.29, 1.82) is 0 Å². The molecular formula is C12H11N3O2S. The van der Waals surface area contributed by atoms with Crippen LogP contribution in [0.25, 0.3) is 20.5 Å². The second-order valence-corrected chi connectivity index (χ2v) is 4.90. The normalized spacial score (nSPS) is 12.0. The Labute approximate surface area is 107 Å². The molecule has 0 fully saturated rings. The van der Waals surface area contributed by atoms with Crippen molar-refractivity contribution in [2.75, 3.05) is 0 Å². The van der Waals surface area contributed by atoms with Crippen molar-refractivity contribution in [3.63, 3.8) is 0 Å². The first-order valence-electron chi connectivity index (χ1n) is 5.41. The highest BCUT2D eigenvalue weighted by atomic mass is 32.1. The van der Waals surface area contributed by atoms with Gasteiger partial charge in [0.2, 0.25) is 0 Å². The average Bonchev–Trinajstić information content (AvgIpc) is 2.75. The molecule has 0 radical (unpaired) electrons. The number of hydrogen-bond donors (Lipinski definition) is 1. The van der Waals surface area contributed by atoms with Gasteiger partial charge >= 0.3 is 5.97 Å². The summed E-state index contributed by atoms with van der Waals surface area (Å²) < 4.78 is 1.16. The molecule has 18 heavy (non-hydrogen) atoms. The van der Waals surface area contributed by atoms with E-state index in [0.717, 1.165) is 10.3 Å². The van der Waals surface area contributed by atoms with Gasteiger partial charge in [0.25, 0.3) is 0 Å². The van der Waals surface area contributed by atoms with E-state index in [2.05, 4.69) is 10.0 Å². The summed E-state index contributed by atoms with van der Waals surface area (Å²) in [5.41, 5.74) is 9.42. The number of aliphatic carboxylic acids is 1. The van der Waals surface area contributed by atoms with Crippen LogP contribution in [0, 0.1) is 0 Å². The Morgan fingerprint density at radius 2 is 2.33 bits per heavy atom. The molecule has 5 nitrogen and oxygen atoms in total. The molecule has 1 heterocycles. The van der Waals surface area contributed by atoms with Crippen molar-refractivity contribution in [3.8, 4) is 0 Å². The van der Waals surface area contributed by atoms with E-state index in [1.54, 1.807) is 11.3 Å². The van der Waals surface area contributed by atoms with E-state index in [1.165, 1.54) is 5.39 Å². The number of rotatable bonds is 5. The molecule has 1 atom stereocenters. The zero-order valence-electron chi connectivity index (χ0n) is 9.48. The number of carboxylic acids is 1.